The first-order chi connectivity index (χ1) is 7.81. The van der Waals surface area contributed by atoms with E-state index < -0.39 is 0 Å². The van der Waals surface area contributed by atoms with Gasteiger partial charge in [-0.2, -0.15) is 0 Å². The largest absolute Gasteiger partial charge is 0.207 e. The third-order valence-electron chi connectivity index (χ3n) is 3.53. The average Bonchev–Trinajstić information content (AvgIpc) is 2.34. The van der Waals surface area contributed by atoms with Crippen molar-refractivity contribution in [1.82, 2.24) is 0 Å². The number of allylic oxidation sites excluding steroid dienone is 2. The van der Waals surface area contributed by atoms with E-state index in [9.17, 15) is 4.39 Å². The van der Waals surface area contributed by atoms with Crippen LogP contribution >= 0.6 is 0 Å². The molecule has 16 heavy (non-hydrogen) atoms. The number of benzene rings is 1. The van der Waals surface area contributed by atoms with Gasteiger partial charge in [-0.25, -0.2) is 4.39 Å². The van der Waals surface area contributed by atoms with Crippen molar-refractivity contribution in [3.8, 4) is 0 Å². The van der Waals surface area contributed by atoms with Gasteiger partial charge in [-0.1, -0.05) is 37.5 Å². The van der Waals surface area contributed by atoms with Gasteiger partial charge >= 0.3 is 0 Å². The molecule has 0 radical (unpaired) electrons. The minimum atomic E-state index is -0.150. The summed E-state index contributed by atoms with van der Waals surface area (Å²) >= 11 is 0. The van der Waals surface area contributed by atoms with Gasteiger partial charge in [0.1, 0.15) is 5.82 Å². The van der Waals surface area contributed by atoms with Crippen molar-refractivity contribution in [2.45, 2.75) is 39.0 Å². The Kier molecular flexibility index (Phi) is 3.76. The Morgan fingerprint density at radius 1 is 1.12 bits per heavy atom. The summed E-state index contributed by atoms with van der Waals surface area (Å²) < 4.78 is 12.9. The molecule has 0 bridgehead atoms. The van der Waals surface area contributed by atoms with E-state index in [2.05, 4.69) is 13.0 Å². The predicted molar refractivity (Wildman–Crippen MR) is 66.6 cm³/mol. The van der Waals surface area contributed by atoms with Crippen LogP contribution < -0.4 is 0 Å². The van der Waals surface area contributed by atoms with Crippen LogP contribution in [0, 0.1) is 11.7 Å². The minimum absolute atomic E-state index is 0.150. The highest BCUT2D eigenvalue weighted by Crippen LogP contribution is 2.35. The van der Waals surface area contributed by atoms with Crippen LogP contribution in [0.1, 0.15) is 44.6 Å². The molecule has 0 unspecified atom stereocenters. The first kappa shape index (κ1) is 11.4. The molecule has 0 heterocycles. The van der Waals surface area contributed by atoms with Crippen molar-refractivity contribution < 1.29 is 4.39 Å². The molecule has 0 aliphatic heterocycles. The summed E-state index contributed by atoms with van der Waals surface area (Å²) in [6.07, 6.45) is 8.82. The zero-order valence-electron chi connectivity index (χ0n) is 9.88. The molecule has 1 fully saturated rings. The van der Waals surface area contributed by atoms with Crippen LogP contribution in [0.15, 0.2) is 30.3 Å². The van der Waals surface area contributed by atoms with Gasteiger partial charge in [-0.15, -0.1) is 0 Å². The first-order valence-corrected chi connectivity index (χ1v) is 6.23. The maximum Gasteiger partial charge on any atom is 0.123 e. The number of hydrogen-bond acceptors (Lipinski definition) is 0. The molecule has 0 amide bonds. The van der Waals surface area contributed by atoms with Gasteiger partial charge in [0.15, 0.2) is 0 Å². The van der Waals surface area contributed by atoms with E-state index >= 15 is 0 Å². The summed E-state index contributed by atoms with van der Waals surface area (Å²) in [7, 11) is 0. The molecule has 0 atom stereocenters. The summed E-state index contributed by atoms with van der Waals surface area (Å²) in [6.45, 7) is 2.09. The molecule has 2 rings (SSSR count). The SMILES string of the molecule is CC=C(c1ccc(F)cc1)C1CCCCC1. The molecule has 1 aliphatic carbocycles. The normalized spacial score (nSPS) is 18.8. The Morgan fingerprint density at radius 3 is 2.31 bits per heavy atom. The maximum absolute atomic E-state index is 12.9. The molecule has 0 nitrogen and oxygen atoms in total. The van der Waals surface area contributed by atoms with Crippen molar-refractivity contribution in [2.24, 2.45) is 5.92 Å². The Balaban J connectivity index is 2.18. The van der Waals surface area contributed by atoms with E-state index in [1.165, 1.54) is 43.2 Å². The molecule has 0 aromatic heterocycles. The zero-order valence-corrected chi connectivity index (χ0v) is 9.88. The standard InChI is InChI=1S/C15H19F/c1-2-15(12-6-4-3-5-7-12)13-8-10-14(16)11-9-13/h2,8-12H,3-7H2,1H3. The lowest BCUT2D eigenvalue weighted by Gasteiger charge is -2.24. The van der Waals surface area contributed by atoms with Crippen LogP contribution in [0.4, 0.5) is 4.39 Å². The number of hydrogen-bond donors (Lipinski definition) is 0. The van der Waals surface area contributed by atoms with Crippen molar-refractivity contribution >= 4 is 5.57 Å². The van der Waals surface area contributed by atoms with Crippen LogP contribution in [-0.2, 0) is 0 Å². The van der Waals surface area contributed by atoms with Crippen LogP contribution in [0.25, 0.3) is 5.57 Å². The van der Waals surface area contributed by atoms with Crippen molar-refractivity contribution in [2.75, 3.05) is 0 Å². The molecule has 1 aliphatic rings. The van der Waals surface area contributed by atoms with Crippen LogP contribution in [-0.4, -0.2) is 0 Å². The Bertz CT molecular complexity index is 356. The highest BCUT2D eigenvalue weighted by Gasteiger charge is 2.18. The monoisotopic (exact) mass is 218 g/mol. The van der Waals surface area contributed by atoms with E-state index in [4.69, 9.17) is 0 Å². The van der Waals surface area contributed by atoms with Gasteiger partial charge in [0.25, 0.3) is 0 Å². The third-order valence-corrected chi connectivity index (χ3v) is 3.53. The molecule has 1 saturated carbocycles. The molecule has 0 saturated heterocycles. The van der Waals surface area contributed by atoms with Gasteiger partial charge in [0, 0.05) is 0 Å². The summed E-state index contributed by atoms with van der Waals surface area (Å²) in [6, 6.07) is 6.92. The van der Waals surface area contributed by atoms with Crippen LogP contribution in [0.3, 0.4) is 0 Å². The molecular formula is C15H19F. The summed E-state index contributed by atoms with van der Waals surface area (Å²) in [5, 5.41) is 0. The fourth-order valence-electron chi connectivity index (χ4n) is 2.69. The lowest BCUT2D eigenvalue weighted by atomic mass is 9.81. The highest BCUT2D eigenvalue weighted by atomic mass is 19.1. The molecular weight excluding hydrogens is 199 g/mol. The van der Waals surface area contributed by atoms with Crippen molar-refractivity contribution in [3.05, 3.63) is 41.7 Å². The summed E-state index contributed by atoms with van der Waals surface area (Å²) in [4.78, 5) is 0. The molecule has 0 spiro atoms. The molecule has 1 aromatic carbocycles. The summed E-state index contributed by atoms with van der Waals surface area (Å²) in [5.74, 6) is 0.534. The van der Waals surface area contributed by atoms with Gasteiger partial charge in [-0.3, -0.25) is 0 Å². The van der Waals surface area contributed by atoms with E-state index in [1.807, 2.05) is 12.1 Å². The van der Waals surface area contributed by atoms with Gasteiger partial charge in [-0.05, 0) is 49.0 Å². The summed E-state index contributed by atoms with van der Waals surface area (Å²) in [5.41, 5.74) is 2.59. The third kappa shape index (κ3) is 2.52. The number of halogens is 1. The molecule has 86 valence electrons. The highest BCUT2D eigenvalue weighted by molar-refractivity contribution is 5.67. The Morgan fingerprint density at radius 2 is 1.75 bits per heavy atom. The fourth-order valence-corrected chi connectivity index (χ4v) is 2.69. The maximum atomic E-state index is 12.9. The van der Waals surface area contributed by atoms with E-state index in [-0.39, 0.29) is 5.82 Å². The van der Waals surface area contributed by atoms with E-state index in [0.29, 0.717) is 5.92 Å². The van der Waals surface area contributed by atoms with E-state index in [1.54, 1.807) is 12.1 Å². The second-order valence-electron chi connectivity index (χ2n) is 4.59. The Labute approximate surface area is 97.2 Å². The van der Waals surface area contributed by atoms with E-state index in [0.717, 1.165) is 0 Å². The minimum Gasteiger partial charge on any atom is -0.207 e. The molecule has 1 heteroatoms. The second-order valence-corrected chi connectivity index (χ2v) is 4.59. The molecule has 0 N–H and O–H groups in total. The predicted octanol–water partition coefficient (Wildman–Crippen LogP) is 4.81. The van der Waals surface area contributed by atoms with Gasteiger partial charge in [0.05, 0.1) is 0 Å². The van der Waals surface area contributed by atoms with Crippen molar-refractivity contribution in [3.63, 3.8) is 0 Å². The smallest absolute Gasteiger partial charge is 0.123 e. The van der Waals surface area contributed by atoms with Crippen molar-refractivity contribution in [1.29, 1.82) is 0 Å². The zero-order chi connectivity index (χ0) is 11.4. The topological polar surface area (TPSA) is 0 Å². The lowest BCUT2D eigenvalue weighted by Crippen LogP contribution is -2.08. The first-order valence-electron chi connectivity index (χ1n) is 6.23. The van der Waals surface area contributed by atoms with Gasteiger partial charge < -0.3 is 0 Å². The lowest BCUT2D eigenvalue weighted by molar-refractivity contribution is 0.429. The number of rotatable bonds is 2. The molecule has 1 aromatic rings. The second kappa shape index (κ2) is 5.29. The van der Waals surface area contributed by atoms with Crippen LogP contribution in [0.2, 0.25) is 0 Å². The quantitative estimate of drug-likeness (QED) is 0.668. The Hall–Kier alpha value is -1.11. The fraction of sp³-hybridized carbons (Fsp3) is 0.467. The van der Waals surface area contributed by atoms with Gasteiger partial charge in [0.2, 0.25) is 0 Å². The average molecular weight is 218 g/mol. The van der Waals surface area contributed by atoms with Crippen LogP contribution in [0.5, 0.6) is 0 Å².